The zero-order valence-electron chi connectivity index (χ0n) is 4.70. The van der Waals surface area contributed by atoms with Crippen molar-refractivity contribution in [1.82, 2.24) is 5.32 Å². The molecular formula is C5H7NO2S. The Morgan fingerprint density at radius 2 is 2.33 bits per heavy atom. The van der Waals surface area contributed by atoms with Crippen LogP contribution in [0.15, 0.2) is 12.7 Å². The highest BCUT2D eigenvalue weighted by Gasteiger charge is 2.06. The second kappa shape index (κ2) is 4.14. The van der Waals surface area contributed by atoms with Gasteiger partial charge in [0.2, 0.25) is 11.5 Å². The van der Waals surface area contributed by atoms with Crippen LogP contribution in [0.1, 0.15) is 0 Å². The standard InChI is InChI=1S/C5H7NO2S/c1-2-4(5(8)9)6-3-7/h2-4H,1H2,(H,6,7)(H,8,9). The van der Waals surface area contributed by atoms with Crippen LogP contribution >= 0.6 is 12.6 Å². The quantitative estimate of drug-likeness (QED) is 0.325. The van der Waals surface area contributed by atoms with Gasteiger partial charge in [0.25, 0.3) is 0 Å². The van der Waals surface area contributed by atoms with E-state index in [-0.39, 0.29) is 0 Å². The maximum Gasteiger partial charge on any atom is 0.212 e. The smallest absolute Gasteiger partial charge is 0.212 e. The van der Waals surface area contributed by atoms with Crippen LogP contribution < -0.4 is 5.32 Å². The Hall–Kier alpha value is -0.770. The predicted molar refractivity (Wildman–Crippen MR) is 37.2 cm³/mol. The largest absolute Gasteiger partial charge is 0.345 e. The van der Waals surface area contributed by atoms with Crippen molar-refractivity contribution in [2.75, 3.05) is 0 Å². The highest BCUT2D eigenvalue weighted by Crippen LogP contribution is 1.89. The number of carbonyl (C=O) groups is 2. The van der Waals surface area contributed by atoms with Gasteiger partial charge in [0, 0.05) is 0 Å². The molecule has 1 amide bonds. The molecule has 0 saturated heterocycles. The van der Waals surface area contributed by atoms with E-state index >= 15 is 0 Å². The summed E-state index contributed by atoms with van der Waals surface area (Å²) in [5.74, 6) is 0. The molecular weight excluding hydrogens is 138 g/mol. The van der Waals surface area contributed by atoms with Crippen LogP contribution in [-0.4, -0.2) is 17.6 Å². The molecule has 0 aliphatic heterocycles. The molecule has 0 aliphatic rings. The average molecular weight is 145 g/mol. The first-order chi connectivity index (χ1) is 4.22. The lowest BCUT2D eigenvalue weighted by atomic mass is 10.3. The summed E-state index contributed by atoms with van der Waals surface area (Å²) in [7, 11) is 0. The van der Waals surface area contributed by atoms with Gasteiger partial charge in [-0.25, -0.2) is 0 Å². The normalized spacial score (nSPS) is 11.7. The van der Waals surface area contributed by atoms with Gasteiger partial charge < -0.3 is 5.32 Å². The summed E-state index contributed by atoms with van der Waals surface area (Å²) < 4.78 is 0. The molecule has 0 rings (SSSR count). The summed E-state index contributed by atoms with van der Waals surface area (Å²) in [6.45, 7) is 3.31. The van der Waals surface area contributed by atoms with Crippen molar-refractivity contribution in [3.8, 4) is 0 Å². The molecule has 0 heterocycles. The third-order valence-electron chi connectivity index (χ3n) is 0.749. The SMILES string of the molecule is C=CC(NC=O)C(=O)S. The second-order valence-corrected chi connectivity index (χ2v) is 1.78. The Morgan fingerprint density at radius 3 is 2.44 bits per heavy atom. The topological polar surface area (TPSA) is 46.2 Å². The van der Waals surface area contributed by atoms with E-state index in [1.807, 2.05) is 0 Å². The number of thiol groups is 1. The fourth-order valence-electron chi connectivity index (χ4n) is 0.313. The first-order valence-electron chi connectivity index (χ1n) is 2.27. The summed E-state index contributed by atoms with van der Waals surface area (Å²) in [5.41, 5.74) is 0. The van der Waals surface area contributed by atoms with Crippen molar-refractivity contribution >= 4 is 24.2 Å². The zero-order valence-corrected chi connectivity index (χ0v) is 5.60. The first-order valence-corrected chi connectivity index (χ1v) is 2.72. The molecule has 50 valence electrons. The maximum absolute atomic E-state index is 10.3. The van der Waals surface area contributed by atoms with Gasteiger partial charge in [0.15, 0.2) is 0 Å². The molecule has 4 heteroatoms. The highest BCUT2D eigenvalue weighted by atomic mass is 32.1. The number of nitrogens with one attached hydrogen (secondary N) is 1. The van der Waals surface area contributed by atoms with E-state index in [9.17, 15) is 9.59 Å². The molecule has 9 heavy (non-hydrogen) atoms. The van der Waals surface area contributed by atoms with E-state index < -0.39 is 11.2 Å². The lowest BCUT2D eigenvalue weighted by Crippen LogP contribution is -2.30. The number of amides is 1. The van der Waals surface area contributed by atoms with Gasteiger partial charge in [-0.1, -0.05) is 6.08 Å². The fraction of sp³-hybridized carbons (Fsp3) is 0.200. The third kappa shape index (κ3) is 2.92. The van der Waals surface area contributed by atoms with Crippen molar-refractivity contribution < 1.29 is 9.59 Å². The number of hydrogen-bond acceptors (Lipinski definition) is 2. The number of rotatable bonds is 4. The van der Waals surface area contributed by atoms with E-state index in [0.29, 0.717) is 6.41 Å². The molecule has 0 spiro atoms. The van der Waals surface area contributed by atoms with Crippen LogP contribution in [0.25, 0.3) is 0 Å². The van der Waals surface area contributed by atoms with Crippen LogP contribution in [0.2, 0.25) is 0 Å². The van der Waals surface area contributed by atoms with Crippen molar-refractivity contribution in [3.05, 3.63) is 12.7 Å². The molecule has 0 bridgehead atoms. The van der Waals surface area contributed by atoms with E-state index in [4.69, 9.17) is 0 Å². The predicted octanol–water partition coefficient (Wildman–Crippen LogP) is -0.257. The van der Waals surface area contributed by atoms with Crippen LogP contribution in [0.3, 0.4) is 0 Å². The molecule has 1 unspecified atom stereocenters. The van der Waals surface area contributed by atoms with Gasteiger partial charge in [-0.2, -0.15) is 0 Å². The van der Waals surface area contributed by atoms with Crippen molar-refractivity contribution in [3.63, 3.8) is 0 Å². The number of carbonyl (C=O) groups excluding carboxylic acids is 2. The van der Waals surface area contributed by atoms with Gasteiger partial charge in [0.1, 0.15) is 6.04 Å². The van der Waals surface area contributed by atoms with Crippen LogP contribution in [-0.2, 0) is 9.59 Å². The Labute approximate surface area is 58.5 Å². The van der Waals surface area contributed by atoms with Crippen molar-refractivity contribution in [2.45, 2.75) is 6.04 Å². The molecule has 0 saturated carbocycles. The molecule has 0 aromatic heterocycles. The summed E-state index contributed by atoms with van der Waals surface area (Å²) in [6.07, 6.45) is 1.74. The lowest BCUT2D eigenvalue weighted by Gasteiger charge is -2.02. The third-order valence-corrected chi connectivity index (χ3v) is 1.03. The van der Waals surface area contributed by atoms with Crippen LogP contribution in [0, 0.1) is 0 Å². The monoisotopic (exact) mass is 145 g/mol. The molecule has 0 aromatic rings. The minimum atomic E-state index is -0.661. The van der Waals surface area contributed by atoms with E-state index in [0.717, 1.165) is 0 Å². The molecule has 1 N–H and O–H groups in total. The van der Waals surface area contributed by atoms with Crippen LogP contribution in [0.4, 0.5) is 0 Å². The fourth-order valence-corrected chi connectivity index (χ4v) is 0.493. The van der Waals surface area contributed by atoms with Gasteiger partial charge in [0.05, 0.1) is 0 Å². The Balaban J connectivity index is 3.81. The second-order valence-electron chi connectivity index (χ2n) is 1.34. The van der Waals surface area contributed by atoms with Crippen LogP contribution in [0.5, 0.6) is 0 Å². The summed E-state index contributed by atoms with van der Waals surface area (Å²) in [5, 5.41) is 1.79. The molecule has 0 fully saturated rings. The Kier molecular flexibility index (Phi) is 3.79. The molecule has 0 aliphatic carbocycles. The molecule has 0 aromatic carbocycles. The first kappa shape index (κ1) is 8.23. The average Bonchev–Trinajstić information content (AvgIpc) is 1.82. The van der Waals surface area contributed by atoms with E-state index in [1.54, 1.807) is 0 Å². The Morgan fingerprint density at radius 1 is 1.78 bits per heavy atom. The number of hydrogen-bond donors (Lipinski definition) is 2. The zero-order chi connectivity index (χ0) is 7.28. The van der Waals surface area contributed by atoms with E-state index in [1.165, 1.54) is 6.08 Å². The maximum atomic E-state index is 10.3. The van der Waals surface area contributed by atoms with Gasteiger partial charge in [-0.15, -0.1) is 19.2 Å². The summed E-state index contributed by atoms with van der Waals surface area (Å²) >= 11 is 3.48. The minimum absolute atomic E-state index is 0.419. The van der Waals surface area contributed by atoms with Crippen molar-refractivity contribution in [1.29, 1.82) is 0 Å². The summed E-state index contributed by atoms with van der Waals surface area (Å²) in [6, 6.07) is -0.661. The minimum Gasteiger partial charge on any atom is -0.345 e. The lowest BCUT2D eigenvalue weighted by molar-refractivity contribution is -0.116. The van der Waals surface area contributed by atoms with Crippen molar-refractivity contribution in [2.24, 2.45) is 0 Å². The van der Waals surface area contributed by atoms with Gasteiger partial charge in [-0.05, 0) is 0 Å². The molecule has 1 atom stereocenters. The Bertz CT molecular complexity index is 135. The van der Waals surface area contributed by atoms with E-state index in [2.05, 4.69) is 24.5 Å². The molecule has 0 radical (unpaired) electrons. The molecule has 3 nitrogen and oxygen atoms in total. The van der Waals surface area contributed by atoms with Gasteiger partial charge in [-0.3, -0.25) is 9.59 Å². The van der Waals surface area contributed by atoms with Gasteiger partial charge >= 0.3 is 0 Å². The summed E-state index contributed by atoms with van der Waals surface area (Å²) in [4.78, 5) is 20.1. The highest BCUT2D eigenvalue weighted by molar-refractivity contribution is 7.96.